The summed E-state index contributed by atoms with van der Waals surface area (Å²) in [5.74, 6) is 1.15. The summed E-state index contributed by atoms with van der Waals surface area (Å²) in [6.07, 6.45) is 14.0. The Kier molecular flexibility index (Phi) is 6.37. The Hall–Kier alpha value is -1.03. The van der Waals surface area contributed by atoms with Gasteiger partial charge in [0.1, 0.15) is 0 Å². The summed E-state index contributed by atoms with van der Waals surface area (Å²) in [4.78, 5) is 11.7. The molecule has 2 amide bonds. The van der Waals surface area contributed by atoms with Crippen LogP contribution in [0.2, 0.25) is 0 Å². The predicted molar refractivity (Wildman–Crippen MR) is 80.5 cm³/mol. The molecule has 1 saturated carbocycles. The van der Waals surface area contributed by atoms with Crippen molar-refractivity contribution in [2.24, 2.45) is 11.8 Å². The van der Waals surface area contributed by atoms with Crippen LogP contribution in [0.15, 0.2) is 12.2 Å². The second-order valence-corrected chi connectivity index (χ2v) is 6.22. The first-order valence-electron chi connectivity index (χ1n) is 8.11. The molecule has 0 aromatic heterocycles. The average molecular weight is 280 g/mol. The highest BCUT2D eigenvalue weighted by Gasteiger charge is 2.19. The Morgan fingerprint density at radius 2 is 2.00 bits per heavy atom. The van der Waals surface area contributed by atoms with E-state index in [9.17, 15) is 4.79 Å². The van der Waals surface area contributed by atoms with Gasteiger partial charge in [-0.1, -0.05) is 50.7 Å². The molecule has 2 rings (SSSR count). The Bertz CT molecular complexity index is 324. The van der Waals surface area contributed by atoms with Crippen LogP contribution in [0.1, 0.15) is 51.4 Å². The van der Waals surface area contributed by atoms with Crippen LogP contribution < -0.4 is 10.6 Å². The topological polar surface area (TPSA) is 61.4 Å². The standard InChI is InChI=1S/C16H28N2O2/c19-12-14-8-9-15(11-14)18-16(20)17-10-4-3-7-13-5-1-2-6-13/h8-9,13-15,19H,1-7,10-12H2,(H2,17,18,20)/t14-,15+/m0/s1. The largest absolute Gasteiger partial charge is 0.396 e. The molecule has 0 radical (unpaired) electrons. The Morgan fingerprint density at radius 1 is 1.20 bits per heavy atom. The number of nitrogens with one attached hydrogen (secondary N) is 2. The molecule has 2 atom stereocenters. The van der Waals surface area contributed by atoms with E-state index in [1.54, 1.807) is 0 Å². The van der Waals surface area contributed by atoms with E-state index in [0.717, 1.165) is 25.3 Å². The highest BCUT2D eigenvalue weighted by atomic mass is 16.3. The summed E-state index contributed by atoms with van der Waals surface area (Å²) in [6.45, 7) is 0.926. The SMILES string of the molecule is O=C(NCCCCC1CCCC1)N[C@@H]1C=C[C@H](CO)C1. The number of aliphatic hydroxyl groups is 1. The van der Waals surface area contributed by atoms with Gasteiger partial charge in [0.25, 0.3) is 0 Å². The average Bonchev–Trinajstić information content (AvgIpc) is 3.09. The van der Waals surface area contributed by atoms with Gasteiger partial charge >= 0.3 is 6.03 Å². The molecule has 2 aliphatic carbocycles. The Morgan fingerprint density at radius 3 is 2.70 bits per heavy atom. The van der Waals surface area contributed by atoms with Gasteiger partial charge in [-0.05, 0) is 18.8 Å². The highest BCUT2D eigenvalue weighted by molar-refractivity contribution is 5.74. The molecule has 0 aromatic carbocycles. The van der Waals surface area contributed by atoms with Crippen molar-refractivity contribution in [3.8, 4) is 0 Å². The zero-order valence-electron chi connectivity index (χ0n) is 12.3. The summed E-state index contributed by atoms with van der Waals surface area (Å²) in [7, 11) is 0. The molecular weight excluding hydrogens is 252 g/mol. The van der Waals surface area contributed by atoms with Crippen LogP contribution in [0.4, 0.5) is 4.79 Å². The van der Waals surface area contributed by atoms with E-state index in [2.05, 4.69) is 10.6 Å². The number of urea groups is 1. The molecule has 0 aliphatic heterocycles. The first-order valence-corrected chi connectivity index (χ1v) is 8.11. The summed E-state index contributed by atoms with van der Waals surface area (Å²) >= 11 is 0. The van der Waals surface area contributed by atoms with E-state index < -0.39 is 0 Å². The predicted octanol–water partition coefficient (Wildman–Crippen LogP) is 2.58. The summed E-state index contributed by atoms with van der Waals surface area (Å²) in [5.41, 5.74) is 0. The molecule has 2 aliphatic rings. The van der Waals surface area contributed by atoms with Crippen molar-refractivity contribution < 1.29 is 9.90 Å². The lowest BCUT2D eigenvalue weighted by Gasteiger charge is -2.14. The lowest BCUT2D eigenvalue weighted by atomic mass is 10.0. The monoisotopic (exact) mass is 280 g/mol. The van der Waals surface area contributed by atoms with Gasteiger partial charge in [-0.2, -0.15) is 0 Å². The first kappa shape index (κ1) is 15.4. The molecule has 0 saturated heterocycles. The summed E-state index contributed by atoms with van der Waals surface area (Å²) < 4.78 is 0. The first-order chi connectivity index (χ1) is 9.78. The number of unbranched alkanes of at least 4 members (excludes halogenated alkanes) is 1. The van der Waals surface area contributed by atoms with Gasteiger partial charge in [0.2, 0.25) is 0 Å². The minimum atomic E-state index is -0.0842. The van der Waals surface area contributed by atoms with Crippen LogP contribution in [0.3, 0.4) is 0 Å². The third-order valence-electron chi connectivity index (χ3n) is 4.52. The van der Waals surface area contributed by atoms with E-state index in [4.69, 9.17) is 5.11 Å². The van der Waals surface area contributed by atoms with Gasteiger partial charge in [0.15, 0.2) is 0 Å². The van der Waals surface area contributed by atoms with Gasteiger partial charge in [0.05, 0.1) is 0 Å². The third kappa shape index (κ3) is 5.16. The molecule has 0 aromatic rings. The molecule has 0 bridgehead atoms. The number of rotatable bonds is 7. The highest BCUT2D eigenvalue weighted by Crippen LogP contribution is 2.28. The molecule has 0 unspecified atom stereocenters. The van der Waals surface area contributed by atoms with Gasteiger partial charge in [0, 0.05) is 25.1 Å². The minimum Gasteiger partial charge on any atom is -0.396 e. The van der Waals surface area contributed by atoms with Crippen LogP contribution in [-0.2, 0) is 0 Å². The Labute approximate surface area is 122 Å². The van der Waals surface area contributed by atoms with Gasteiger partial charge in [-0.25, -0.2) is 4.79 Å². The molecule has 0 heterocycles. The van der Waals surface area contributed by atoms with Crippen molar-refractivity contribution >= 4 is 6.03 Å². The molecule has 1 fully saturated rings. The summed E-state index contributed by atoms with van der Waals surface area (Å²) in [6, 6.07) is -0.00950. The maximum Gasteiger partial charge on any atom is 0.315 e. The van der Waals surface area contributed by atoms with Crippen LogP contribution in [0.5, 0.6) is 0 Å². The third-order valence-corrected chi connectivity index (χ3v) is 4.52. The zero-order valence-corrected chi connectivity index (χ0v) is 12.3. The van der Waals surface area contributed by atoms with Crippen LogP contribution in [-0.4, -0.2) is 30.3 Å². The molecule has 0 spiro atoms. The normalized spacial score (nSPS) is 26.1. The van der Waals surface area contributed by atoms with Crippen molar-refractivity contribution in [1.29, 1.82) is 0 Å². The van der Waals surface area contributed by atoms with Gasteiger partial charge in [-0.15, -0.1) is 0 Å². The van der Waals surface area contributed by atoms with Crippen LogP contribution in [0.25, 0.3) is 0 Å². The van der Waals surface area contributed by atoms with Crippen molar-refractivity contribution in [2.45, 2.75) is 57.4 Å². The second-order valence-electron chi connectivity index (χ2n) is 6.22. The van der Waals surface area contributed by atoms with E-state index in [1.165, 1.54) is 38.5 Å². The van der Waals surface area contributed by atoms with Crippen LogP contribution >= 0.6 is 0 Å². The lowest BCUT2D eigenvalue weighted by Crippen LogP contribution is -2.41. The zero-order chi connectivity index (χ0) is 14.2. The molecule has 3 N–H and O–H groups in total. The molecule has 4 heteroatoms. The number of aliphatic hydroxyl groups excluding tert-OH is 1. The lowest BCUT2D eigenvalue weighted by molar-refractivity contribution is 0.231. The van der Waals surface area contributed by atoms with E-state index >= 15 is 0 Å². The number of hydrogen-bond acceptors (Lipinski definition) is 2. The van der Waals surface area contributed by atoms with Gasteiger partial charge in [-0.3, -0.25) is 0 Å². The molecule has 4 nitrogen and oxygen atoms in total. The number of amides is 2. The quantitative estimate of drug-likeness (QED) is 0.496. The van der Waals surface area contributed by atoms with Crippen molar-refractivity contribution in [3.05, 3.63) is 12.2 Å². The van der Waals surface area contributed by atoms with Gasteiger partial charge < -0.3 is 15.7 Å². The van der Waals surface area contributed by atoms with Crippen molar-refractivity contribution in [2.75, 3.05) is 13.2 Å². The van der Waals surface area contributed by atoms with E-state index in [1.807, 2.05) is 12.2 Å². The second kappa shape index (κ2) is 8.30. The van der Waals surface area contributed by atoms with Crippen molar-refractivity contribution in [3.63, 3.8) is 0 Å². The fourth-order valence-corrected chi connectivity index (χ4v) is 3.30. The summed E-state index contributed by atoms with van der Waals surface area (Å²) in [5, 5.41) is 14.9. The smallest absolute Gasteiger partial charge is 0.315 e. The van der Waals surface area contributed by atoms with Crippen LogP contribution in [0, 0.1) is 11.8 Å². The number of hydrogen-bond donors (Lipinski definition) is 3. The molecule has 114 valence electrons. The fraction of sp³-hybridized carbons (Fsp3) is 0.812. The van der Waals surface area contributed by atoms with Crippen molar-refractivity contribution in [1.82, 2.24) is 10.6 Å². The van der Waals surface area contributed by atoms with E-state index in [0.29, 0.717) is 0 Å². The molecular formula is C16H28N2O2. The number of carbonyl (C=O) groups excluding carboxylic acids is 1. The van der Waals surface area contributed by atoms with E-state index in [-0.39, 0.29) is 24.6 Å². The minimum absolute atomic E-state index is 0.0747. The maximum absolute atomic E-state index is 11.7. The maximum atomic E-state index is 11.7. The fourth-order valence-electron chi connectivity index (χ4n) is 3.30. The Balaban J connectivity index is 1.47. The number of carbonyl (C=O) groups is 1. The molecule has 20 heavy (non-hydrogen) atoms.